The number of ether oxygens (including phenoxy) is 1. The van der Waals surface area contributed by atoms with Crippen LogP contribution in [0, 0.1) is 5.92 Å². The molecule has 0 aromatic heterocycles. The third-order valence-electron chi connectivity index (χ3n) is 7.38. The van der Waals surface area contributed by atoms with Gasteiger partial charge in [0, 0.05) is 32.4 Å². The Labute approximate surface area is 266 Å². The van der Waals surface area contributed by atoms with Crippen LogP contribution in [0.5, 0.6) is 0 Å². The van der Waals surface area contributed by atoms with Crippen molar-refractivity contribution < 1.29 is 28.7 Å². The smallest absolute Gasteiger partial charge is 0.246 e. The lowest BCUT2D eigenvalue weighted by Crippen LogP contribution is -2.53. The second kappa shape index (κ2) is 27.9. The summed E-state index contributed by atoms with van der Waals surface area (Å²) >= 11 is 0. The van der Waals surface area contributed by atoms with E-state index in [0.29, 0.717) is 25.9 Å². The SMILES string of the molecule is CCCCCCCCC=CCCCCCCCC(=O)NCCOCCNC(=O)CCC(=O)N(C(=O)[C@H](C)N)[C@H](C=O)C(C)C. The molecule has 4 amide bonds. The van der Waals surface area contributed by atoms with Gasteiger partial charge in [0.1, 0.15) is 6.29 Å². The largest absolute Gasteiger partial charge is 0.378 e. The van der Waals surface area contributed by atoms with Gasteiger partial charge >= 0.3 is 0 Å². The van der Waals surface area contributed by atoms with Gasteiger partial charge < -0.3 is 25.9 Å². The Kier molecular flexibility index (Phi) is 26.3. The van der Waals surface area contributed by atoms with Gasteiger partial charge in [-0.2, -0.15) is 0 Å². The summed E-state index contributed by atoms with van der Waals surface area (Å²) in [5.74, 6) is -1.87. The van der Waals surface area contributed by atoms with E-state index in [0.717, 1.165) is 30.6 Å². The van der Waals surface area contributed by atoms with E-state index in [4.69, 9.17) is 10.5 Å². The molecular weight excluding hydrogens is 560 g/mol. The second-order valence-corrected chi connectivity index (χ2v) is 11.9. The summed E-state index contributed by atoms with van der Waals surface area (Å²) < 4.78 is 5.45. The topological polar surface area (TPSA) is 148 Å². The van der Waals surface area contributed by atoms with E-state index in [1.54, 1.807) is 13.8 Å². The molecule has 44 heavy (non-hydrogen) atoms. The van der Waals surface area contributed by atoms with Crippen molar-refractivity contribution in [2.24, 2.45) is 11.7 Å². The molecule has 0 radical (unpaired) electrons. The van der Waals surface area contributed by atoms with Gasteiger partial charge in [-0.05, 0) is 44.9 Å². The zero-order valence-electron chi connectivity index (χ0n) is 28.1. The zero-order valence-corrected chi connectivity index (χ0v) is 28.1. The first-order valence-corrected chi connectivity index (χ1v) is 17.0. The summed E-state index contributed by atoms with van der Waals surface area (Å²) in [6.07, 6.45) is 21.3. The van der Waals surface area contributed by atoms with E-state index in [1.165, 1.54) is 64.7 Å². The van der Waals surface area contributed by atoms with Gasteiger partial charge in [-0.15, -0.1) is 0 Å². The van der Waals surface area contributed by atoms with Crippen molar-refractivity contribution in [2.45, 2.75) is 143 Å². The second-order valence-electron chi connectivity index (χ2n) is 11.9. The number of carbonyl (C=O) groups is 5. The monoisotopic (exact) mass is 622 g/mol. The number of hydrogen-bond donors (Lipinski definition) is 3. The molecule has 10 heteroatoms. The summed E-state index contributed by atoms with van der Waals surface area (Å²) in [7, 11) is 0. The number of carbonyl (C=O) groups excluding carboxylic acids is 5. The molecule has 0 saturated carbocycles. The molecule has 0 aliphatic rings. The Balaban J connectivity index is 3.79. The van der Waals surface area contributed by atoms with Crippen molar-refractivity contribution in [2.75, 3.05) is 26.3 Å². The Morgan fingerprint density at radius 2 is 1.23 bits per heavy atom. The number of nitrogens with one attached hydrogen (secondary N) is 2. The van der Waals surface area contributed by atoms with Gasteiger partial charge in [-0.1, -0.05) is 84.3 Å². The zero-order chi connectivity index (χ0) is 33.0. The molecule has 0 aliphatic carbocycles. The quantitative estimate of drug-likeness (QED) is 0.0633. The van der Waals surface area contributed by atoms with Crippen LogP contribution >= 0.6 is 0 Å². The standard InChI is InChI=1S/C34H62N4O6/c1-5-6-7-8-9-10-11-12-13-14-15-16-17-18-19-20-31(40)36-23-25-44-26-24-37-32(41)21-22-33(42)38(34(43)29(4)35)30(27-39)28(2)3/h12-13,27-30H,5-11,14-26,35H2,1-4H3,(H,36,40)(H,37,41)/t29-,30+/m0/s1. The van der Waals surface area contributed by atoms with Crippen molar-refractivity contribution in [3.63, 3.8) is 0 Å². The Morgan fingerprint density at radius 1 is 0.727 bits per heavy atom. The van der Waals surface area contributed by atoms with Gasteiger partial charge in [0.15, 0.2) is 0 Å². The van der Waals surface area contributed by atoms with Crippen LogP contribution in [0.1, 0.15) is 130 Å². The maximum Gasteiger partial charge on any atom is 0.246 e. The van der Waals surface area contributed by atoms with E-state index in [9.17, 15) is 24.0 Å². The highest BCUT2D eigenvalue weighted by Crippen LogP contribution is 2.13. The van der Waals surface area contributed by atoms with Crippen molar-refractivity contribution in [1.82, 2.24) is 15.5 Å². The van der Waals surface area contributed by atoms with Crippen molar-refractivity contribution in [1.29, 1.82) is 0 Å². The third-order valence-corrected chi connectivity index (χ3v) is 7.38. The number of imide groups is 1. The maximum absolute atomic E-state index is 12.7. The van der Waals surface area contributed by atoms with E-state index >= 15 is 0 Å². The molecule has 0 spiro atoms. The average molecular weight is 623 g/mol. The normalized spacial score (nSPS) is 12.7. The van der Waals surface area contributed by atoms with Crippen LogP contribution in [0.2, 0.25) is 0 Å². The van der Waals surface area contributed by atoms with Crippen LogP contribution in [0.3, 0.4) is 0 Å². The molecule has 0 rings (SSSR count). The molecule has 0 unspecified atom stereocenters. The third kappa shape index (κ3) is 22.0. The molecule has 0 aromatic rings. The summed E-state index contributed by atoms with van der Waals surface area (Å²) in [6, 6.07) is -1.87. The number of hydrogen-bond acceptors (Lipinski definition) is 7. The number of nitrogens with zero attached hydrogens (tertiary/aromatic N) is 1. The van der Waals surface area contributed by atoms with E-state index in [2.05, 4.69) is 29.7 Å². The van der Waals surface area contributed by atoms with E-state index in [-0.39, 0.29) is 43.7 Å². The van der Waals surface area contributed by atoms with Crippen LogP contribution in [-0.4, -0.2) is 73.2 Å². The lowest BCUT2D eigenvalue weighted by molar-refractivity contribution is -0.152. The highest BCUT2D eigenvalue weighted by Gasteiger charge is 2.33. The molecule has 0 aromatic carbocycles. The van der Waals surface area contributed by atoms with Crippen molar-refractivity contribution in [3.05, 3.63) is 12.2 Å². The van der Waals surface area contributed by atoms with Crippen LogP contribution < -0.4 is 16.4 Å². The number of amides is 4. The molecule has 254 valence electrons. The highest BCUT2D eigenvalue weighted by atomic mass is 16.5. The number of allylic oxidation sites excluding steroid dienone is 2. The fraction of sp³-hybridized carbons (Fsp3) is 0.794. The first-order valence-electron chi connectivity index (χ1n) is 17.0. The fourth-order valence-corrected chi connectivity index (χ4v) is 4.67. The van der Waals surface area contributed by atoms with Crippen LogP contribution in [0.15, 0.2) is 12.2 Å². The van der Waals surface area contributed by atoms with Gasteiger partial charge in [-0.3, -0.25) is 24.1 Å². The van der Waals surface area contributed by atoms with Crippen LogP contribution in [0.25, 0.3) is 0 Å². The van der Waals surface area contributed by atoms with Gasteiger partial charge in [0.05, 0.1) is 25.3 Å². The predicted octanol–water partition coefficient (Wildman–Crippen LogP) is 4.98. The first kappa shape index (κ1) is 41.4. The molecule has 2 atom stereocenters. The van der Waals surface area contributed by atoms with Crippen molar-refractivity contribution >= 4 is 29.9 Å². The molecule has 10 nitrogen and oxygen atoms in total. The minimum atomic E-state index is -0.942. The van der Waals surface area contributed by atoms with Crippen molar-refractivity contribution in [3.8, 4) is 0 Å². The molecule has 0 fully saturated rings. The minimum Gasteiger partial charge on any atom is -0.378 e. The van der Waals surface area contributed by atoms with E-state index < -0.39 is 23.9 Å². The molecular formula is C34H62N4O6. The van der Waals surface area contributed by atoms with Gasteiger partial charge in [-0.25, -0.2) is 0 Å². The first-order chi connectivity index (χ1) is 21.1. The molecule has 4 N–H and O–H groups in total. The maximum atomic E-state index is 12.7. The van der Waals surface area contributed by atoms with Gasteiger partial charge in [0.2, 0.25) is 23.6 Å². The number of aldehydes is 1. The van der Waals surface area contributed by atoms with E-state index in [1.807, 2.05) is 0 Å². The molecule has 0 heterocycles. The molecule has 0 saturated heterocycles. The number of nitrogens with two attached hydrogens (primary N) is 1. The fourth-order valence-electron chi connectivity index (χ4n) is 4.67. The summed E-state index contributed by atoms with van der Waals surface area (Å²) in [5.41, 5.74) is 5.65. The summed E-state index contributed by atoms with van der Waals surface area (Å²) in [5, 5.41) is 5.51. The Bertz CT molecular complexity index is 831. The number of rotatable bonds is 28. The van der Waals surface area contributed by atoms with Crippen LogP contribution in [0.4, 0.5) is 0 Å². The van der Waals surface area contributed by atoms with Gasteiger partial charge in [0.25, 0.3) is 0 Å². The lowest BCUT2D eigenvalue weighted by atomic mass is 10.0. The highest BCUT2D eigenvalue weighted by molar-refractivity contribution is 6.00. The lowest BCUT2D eigenvalue weighted by Gasteiger charge is -2.30. The molecule has 0 aliphatic heterocycles. The predicted molar refractivity (Wildman–Crippen MR) is 176 cm³/mol. The Morgan fingerprint density at radius 3 is 1.73 bits per heavy atom. The summed E-state index contributed by atoms with van der Waals surface area (Å²) in [4.78, 5) is 61.6. The Hall–Kier alpha value is -2.59. The molecule has 0 bridgehead atoms. The van der Waals surface area contributed by atoms with Crippen LogP contribution in [-0.2, 0) is 28.7 Å². The average Bonchev–Trinajstić information content (AvgIpc) is 2.99. The summed E-state index contributed by atoms with van der Waals surface area (Å²) in [6.45, 7) is 8.41. The number of unbranched alkanes of at least 4 members (excludes halogenated alkanes) is 11. The minimum absolute atomic E-state index is 0.0232.